The van der Waals surface area contributed by atoms with E-state index in [0.717, 1.165) is 0 Å². The number of hydrogen-bond acceptors (Lipinski definition) is 5. The molecule has 0 spiro atoms. The van der Waals surface area contributed by atoms with Crippen LogP contribution in [0.25, 0.3) is 0 Å². The maximum atomic E-state index is 8.58. The van der Waals surface area contributed by atoms with Gasteiger partial charge in [-0.1, -0.05) is 0 Å². The van der Waals surface area contributed by atoms with Gasteiger partial charge in [0.15, 0.2) is 0 Å². The van der Waals surface area contributed by atoms with E-state index >= 15 is 0 Å². The Balaban J connectivity index is -0.00000000450. The van der Waals surface area contributed by atoms with Crippen molar-refractivity contribution in [1.29, 1.82) is 0 Å². The summed E-state index contributed by atoms with van der Waals surface area (Å²) in [5.74, 6) is 0. The van der Waals surface area contributed by atoms with Crippen molar-refractivity contribution in [2.24, 2.45) is 0 Å². The molecule has 0 fully saturated rings. The normalized spacial score (nSPS) is 2.89. The fraction of sp³-hybridized carbons (Fsp3) is 0. The maximum Gasteiger partial charge on any atom is 2.00 e. The Kier molecular flexibility index (Phi) is 136. The molecule has 0 aliphatic heterocycles. The fourth-order valence-electron chi connectivity index (χ4n) is 0. The van der Waals surface area contributed by atoms with Crippen molar-refractivity contribution in [1.82, 2.24) is 0 Å². The van der Waals surface area contributed by atoms with Crippen LogP contribution in [0.3, 0.4) is 0 Å². The number of rotatable bonds is 0. The topological polar surface area (TPSA) is 123 Å². The predicted molar refractivity (Wildman–Crippen MR) is 16.1 cm³/mol. The summed E-state index contributed by atoms with van der Waals surface area (Å²) in [5.41, 5.74) is 0. The predicted octanol–water partition coefficient (Wildman–Crippen LogP) is -3.62. The van der Waals surface area contributed by atoms with E-state index in [9.17, 15) is 0 Å². The van der Waals surface area contributed by atoms with Crippen LogP contribution in [0, 0.1) is 0 Å². The van der Waals surface area contributed by atoms with Crippen LogP contribution < -0.4 is 7.38 Å². The molecular weight excluding hydrogens is 633 g/mol. The Morgan fingerprint density at radius 1 is 1.00 bits per heavy atom. The van der Waals surface area contributed by atoms with E-state index in [2.05, 4.69) is 0 Å². The van der Waals surface area contributed by atoms with Gasteiger partial charge in [0, 0.05) is 26.2 Å². The maximum absolute atomic E-state index is 8.58. The molecule has 0 heterocycles. The van der Waals surface area contributed by atoms with Gasteiger partial charge in [-0.25, -0.2) is 0 Å². The average Bonchev–Trinajstić information content (AvgIpc) is 0.811. The summed E-state index contributed by atoms with van der Waals surface area (Å²) in [6.45, 7) is 0. The largest absolute Gasteiger partial charge is 2.00 e. The van der Waals surface area contributed by atoms with Gasteiger partial charge in [-0.2, -0.15) is 0 Å². The van der Waals surface area contributed by atoms with Gasteiger partial charge in [-0.15, -0.1) is 0 Å². The van der Waals surface area contributed by atoms with Gasteiger partial charge >= 0.3 is 83.9 Å². The molecule has 0 aliphatic carbocycles. The molecule has 0 atom stereocenters. The van der Waals surface area contributed by atoms with Crippen molar-refractivity contribution >= 4 is 54.6 Å². The van der Waals surface area contributed by atoms with Crippen LogP contribution in [-0.4, -0.2) is 65.5 Å². The second-order valence-electron chi connectivity index (χ2n) is 0.250. The molecule has 2 N–H and O–H groups in total. The van der Waals surface area contributed by atoms with Crippen LogP contribution >= 0.6 is 0 Å². The second-order valence-corrected chi connectivity index (χ2v) is 1.03. The van der Waals surface area contributed by atoms with E-state index < -0.39 is 18.6 Å². The minimum absolute atomic E-state index is 0. The Morgan fingerprint density at radius 3 is 1.00 bits per heavy atom. The van der Waals surface area contributed by atoms with Gasteiger partial charge in [-0.05, 0) is 0 Å². The Bertz CT molecular complexity index is 37.9. The molecule has 0 aliphatic rings. The minimum atomic E-state index is -4.08. The average molecular weight is 636 g/mol. The summed E-state index contributed by atoms with van der Waals surface area (Å²) in [6.07, 6.45) is 0. The van der Waals surface area contributed by atoms with Crippen LogP contribution in [-0.2, 0) is 48.1 Å². The first-order valence-electron chi connectivity index (χ1n) is 0.612. The van der Waals surface area contributed by atoms with E-state index in [1.807, 2.05) is 0 Å². The van der Waals surface area contributed by atoms with Crippen LogP contribution in [0.4, 0.5) is 0 Å². The molecule has 0 saturated heterocycles. The first kappa shape index (κ1) is 40.1. The van der Waals surface area contributed by atoms with E-state index in [1.165, 1.54) is 0 Å². The molecule has 9 heteroatoms. The fourth-order valence-corrected chi connectivity index (χ4v) is 0. The van der Waals surface area contributed by atoms with Crippen molar-refractivity contribution in [2.75, 3.05) is 0 Å². The molecular formula is H2O5Pb2TiZr. The molecule has 0 aromatic carbocycles. The SMILES string of the molecule is [OH-].[OH-].[O]=[Ti]([O-])[O-].[Pb+2].[Pb+2].[Zr]. The van der Waals surface area contributed by atoms with Gasteiger partial charge in [-0.3, -0.25) is 0 Å². The molecule has 0 aromatic rings. The van der Waals surface area contributed by atoms with Crippen LogP contribution in [0.1, 0.15) is 0 Å². The van der Waals surface area contributed by atoms with Gasteiger partial charge in [0.25, 0.3) is 0 Å². The Hall–Kier alpha value is 3.08. The van der Waals surface area contributed by atoms with E-state index in [0.29, 0.717) is 0 Å². The zero-order chi connectivity index (χ0) is 3.58. The van der Waals surface area contributed by atoms with Gasteiger partial charge < -0.3 is 11.0 Å². The monoisotopic (exact) mass is 636 g/mol. The third-order valence-corrected chi connectivity index (χ3v) is 0. The molecule has 0 aromatic heterocycles. The molecule has 0 rings (SSSR count). The molecule has 0 saturated carbocycles. The molecule has 9 heavy (non-hydrogen) atoms. The van der Waals surface area contributed by atoms with Gasteiger partial charge in [0.2, 0.25) is 0 Å². The van der Waals surface area contributed by atoms with Gasteiger partial charge in [0.05, 0.1) is 0 Å². The summed E-state index contributed by atoms with van der Waals surface area (Å²) in [6, 6.07) is 0. The van der Waals surface area contributed by atoms with Crippen molar-refractivity contribution in [3.8, 4) is 0 Å². The zero-order valence-electron chi connectivity index (χ0n) is 4.12. The first-order chi connectivity index (χ1) is 1.73. The quantitative estimate of drug-likeness (QED) is 0.255. The third kappa shape index (κ3) is 96.2. The minimum Gasteiger partial charge on any atom is 0 e. The van der Waals surface area contributed by atoms with Crippen LogP contribution in [0.5, 0.6) is 0 Å². The summed E-state index contributed by atoms with van der Waals surface area (Å²) in [7, 11) is 0. The molecule has 48 valence electrons. The summed E-state index contributed by atoms with van der Waals surface area (Å²) in [4.78, 5) is 0. The summed E-state index contributed by atoms with van der Waals surface area (Å²) >= 11 is -4.08. The molecule has 0 bridgehead atoms. The first-order valence-corrected chi connectivity index (χ1v) is 2.52. The summed E-state index contributed by atoms with van der Waals surface area (Å²) < 4.78 is 25.8. The summed E-state index contributed by atoms with van der Waals surface area (Å²) in [5, 5.41) is 0. The van der Waals surface area contributed by atoms with Crippen molar-refractivity contribution < 1.29 is 66.5 Å². The van der Waals surface area contributed by atoms with Crippen LogP contribution in [0.15, 0.2) is 0 Å². The number of hydrogen-bond donors (Lipinski definition) is 0. The Morgan fingerprint density at radius 2 is 1.00 bits per heavy atom. The molecule has 0 unspecified atom stereocenters. The zero-order valence-corrected chi connectivity index (χ0v) is 15.9. The Labute approximate surface area is 119 Å². The standard InChI is InChI=1S/2H2O.3O.2Pb.Ti.Zr/h2*1H2;;;;;;;/q;;;2*-1;2*+2;;/p-2. The molecule has 5 nitrogen and oxygen atoms in total. The molecule has 0 amide bonds. The smallest absolute Gasteiger partial charge is 0 e. The van der Waals surface area contributed by atoms with E-state index in [1.54, 1.807) is 0 Å². The van der Waals surface area contributed by atoms with E-state index in [-0.39, 0.29) is 91.8 Å². The van der Waals surface area contributed by atoms with Gasteiger partial charge in [0.1, 0.15) is 0 Å². The second kappa shape index (κ2) is 30.5. The third-order valence-electron chi connectivity index (χ3n) is 0. The molecule has 4 radical (unpaired) electrons. The van der Waals surface area contributed by atoms with E-state index in [4.69, 9.17) is 10.7 Å². The van der Waals surface area contributed by atoms with Crippen molar-refractivity contribution in [3.63, 3.8) is 0 Å². The van der Waals surface area contributed by atoms with Crippen molar-refractivity contribution in [3.05, 3.63) is 0 Å². The van der Waals surface area contributed by atoms with Crippen molar-refractivity contribution in [2.45, 2.75) is 0 Å². The van der Waals surface area contributed by atoms with Crippen LogP contribution in [0.2, 0.25) is 0 Å².